The van der Waals surface area contributed by atoms with Crippen molar-refractivity contribution >= 4 is 11.6 Å². The molecule has 0 amide bonds. The molecule has 1 aromatic heterocycles. The average molecular weight is 192 g/mol. The third kappa shape index (κ3) is 2.73. The highest BCUT2D eigenvalue weighted by molar-refractivity contribution is 5.42. The van der Waals surface area contributed by atoms with Crippen LogP contribution in [-0.2, 0) is 0 Å². The van der Waals surface area contributed by atoms with E-state index in [1.807, 2.05) is 6.92 Å². The molecule has 0 fully saturated rings. The zero-order chi connectivity index (χ0) is 10.6. The van der Waals surface area contributed by atoms with Crippen molar-refractivity contribution < 1.29 is 0 Å². The van der Waals surface area contributed by atoms with Gasteiger partial charge in [0.25, 0.3) is 0 Å². The SMILES string of the molecule is C=C(C)CN(CC)c1cncc(N)n1. The maximum atomic E-state index is 5.56. The molecule has 0 atom stereocenters. The van der Waals surface area contributed by atoms with Gasteiger partial charge in [-0.05, 0) is 13.8 Å². The van der Waals surface area contributed by atoms with Gasteiger partial charge >= 0.3 is 0 Å². The summed E-state index contributed by atoms with van der Waals surface area (Å²) in [7, 11) is 0. The lowest BCUT2D eigenvalue weighted by atomic mass is 10.3. The Kier molecular flexibility index (Phi) is 3.45. The van der Waals surface area contributed by atoms with Crippen LogP contribution in [0.1, 0.15) is 13.8 Å². The summed E-state index contributed by atoms with van der Waals surface area (Å²) in [5, 5.41) is 0. The van der Waals surface area contributed by atoms with Crippen molar-refractivity contribution in [2.75, 3.05) is 23.7 Å². The Morgan fingerprint density at radius 2 is 2.29 bits per heavy atom. The van der Waals surface area contributed by atoms with Crippen LogP contribution >= 0.6 is 0 Å². The highest BCUT2D eigenvalue weighted by atomic mass is 15.2. The van der Waals surface area contributed by atoms with Crippen LogP contribution in [0.3, 0.4) is 0 Å². The summed E-state index contributed by atoms with van der Waals surface area (Å²) in [4.78, 5) is 10.3. The Morgan fingerprint density at radius 3 is 2.79 bits per heavy atom. The Balaban J connectivity index is 2.83. The number of likely N-dealkylation sites (N-methyl/N-ethyl adjacent to an activating group) is 1. The van der Waals surface area contributed by atoms with Gasteiger partial charge in [-0.1, -0.05) is 12.2 Å². The van der Waals surface area contributed by atoms with Gasteiger partial charge in [0.15, 0.2) is 0 Å². The molecule has 4 nitrogen and oxygen atoms in total. The minimum Gasteiger partial charge on any atom is -0.382 e. The maximum absolute atomic E-state index is 5.56. The van der Waals surface area contributed by atoms with Crippen LogP contribution in [0.5, 0.6) is 0 Å². The zero-order valence-electron chi connectivity index (χ0n) is 8.70. The maximum Gasteiger partial charge on any atom is 0.149 e. The third-order valence-electron chi connectivity index (χ3n) is 1.81. The second kappa shape index (κ2) is 4.60. The van der Waals surface area contributed by atoms with E-state index in [4.69, 9.17) is 5.73 Å². The number of nitrogens with zero attached hydrogens (tertiary/aromatic N) is 3. The van der Waals surface area contributed by atoms with Gasteiger partial charge in [-0.25, -0.2) is 4.98 Å². The molecule has 1 rings (SSSR count). The first-order chi connectivity index (χ1) is 6.63. The predicted octanol–water partition coefficient (Wildman–Crippen LogP) is 1.46. The number of nitrogens with two attached hydrogens (primary N) is 1. The highest BCUT2D eigenvalue weighted by Gasteiger charge is 2.05. The van der Waals surface area contributed by atoms with Crippen LogP contribution in [0.2, 0.25) is 0 Å². The van der Waals surface area contributed by atoms with Crippen LogP contribution in [-0.4, -0.2) is 23.1 Å². The van der Waals surface area contributed by atoms with Crippen molar-refractivity contribution in [2.24, 2.45) is 0 Å². The van der Waals surface area contributed by atoms with Gasteiger partial charge in [-0.15, -0.1) is 0 Å². The minimum atomic E-state index is 0.447. The number of hydrogen-bond acceptors (Lipinski definition) is 4. The smallest absolute Gasteiger partial charge is 0.149 e. The van der Waals surface area contributed by atoms with E-state index in [-0.39, 0.29) is 0 Å². The van der Waals surface area contributed by atoms with Crippen molar-refractivity contribution in [3.05, 3.63) is 24.5 Å². The average Bonchev–Trinajstić information content (AvgIpc) is 2.14. The fraction of sp³-hybridized carbons (Fsp3) is 0.400. The van der Waals surface area contributed by atoms with E-state index in [0.717, 1.165) is 24.5 Å². The fourth-order valence-corrected chi connectivity index (χ4v) is 1.20. The standard InChI is InChI=1S/C10H16N4/c1-4-14(7-8(2)3)10-6-12-5-9(11)13-10/h5-6H,2,4,7H2,1,3H3,(H2,11,13). The van der Waals surface area contributed by atoms with E-state index in [0.29, 0.717) is 5.82 Å². The second-order valence-electron chi connectivity index (χ2n) is 3.27. The normalized spacial score (nSPS) is 9.86. The summed E-state index contributed by atoms with van der Waals surface area (Å²) in [5.41, 5.74) is 6.65. The molecule has 1 heterocycles. The minimum absolute atomic E-state index is 0.447. The molecule has 2 N–H and O–H groups in total. The molecule has 76 valence electrons. The Bertz CT molecular complexity index is 322. The van der Waals surface area contributed by atoms with Crippen molar-refractivity contribution in [2.45, 2.75) is 13.8 Å². The molecule has 0 bridgehead atoms. The molecule has 0 saturated carbocycles. The van der Waals surface area contributed by atoms with Gasteiger partial charge in [0.2, 0.25) is 0 Å². The van der Waals surface area contributed by atoms with Crippen molar-refractivity contribution in [3.63, 3.8) is 0 Å². The molecule has 14 heavy (non-hydrogen) atoms. The molecular weight excluding hydrogens is 176 g/mol. The van der Waals surface area contributed by atoms with E-state index in [1.165, 1.54) is 6.20 Å². The fourth-order valence-electron chi connectivity index (χ4n) is 1.20. The summed E-state index contributed by atoms with van der Waals surface area (Å²) in [6.07, 6.45) is 3.25. The van der Waals surface area contributed by atoms with Gasteiger partial charge in [0, 0.05) is 13.1 Å². The third-order valence-corrected chi connectivity index (χ3v) is 1.81. The number of rotatable bonds is 4. The lowest BCUT2D eigenvalue weighted by Crippen LogP contribution is -2.25. The molecule has 0 aliphatic carbocycles. The molecule has 0 aromatic carbocycles. The van der Waals surface area contributed by atoms with Crippen LogP contribution in [0.4, 0.5) is 11.6 Å². The van der Waals surface area contributed by atoms with E-state index in [2.05, 4.69) is 28.4 Å². The largest absolute Gasteiger partial charge is 0.382 e. The van der Waals surface area contributed by atoms with Crippen LogP contribution in [0.15, 0.2) is 24.5 Å². The van der Waals surface area contributed by atoms with Crippen molar-refractivity contribution in [1.82, 2.24) is 9.97 Å². The molecule has 0 radical (unpaired) electrons. The van der Waals surface area contributed by atoms with E-state index < -0.39 is 0 Å². The van der Waals surface area contributed by atoms with Gasteiger partial charge in [-0.2, -0.15) is 0 Å². The molecule has 0 unspecified atom stereocenters. The van der Waals surface area contributed by atoms with Gasteiger partial charge < -0.3 is 10.6 Å². The number of aromatic nitrogens is 2. The summed E-state index contributed by atoms with van der Waals surface area (Å²) >= 11 is 0. The van der Waals surface area contributed by atoms with Crippen molar-refractivity contribution in [1.29, 1.82) is 0 Å². The second-order valence-corrected chi connectivity index (χ2v) is 3.27. The molecule has 4 heteroatoms. The van der Waals surface area contributed by atoms with Gasteiger partial charge in [0.1, 0.15) is 11.6 Å². The monoisotopic (exact) mass is 192 g/mol. The predicted molar refractivity (Wildman–Crippen MR) is 59.1 cm³/mol. The first-order valence-electron chi connectivity index (χ1n) is 4.60. The lowest BCUT2D eigenvalue weighted by molar-refractivity contribution is 0.855. The summed E-state index contributed by atoms with van der Waals surface area (Å²) in [6, 6.07) is 0. The molecule has 0 aliphatic heterocycles. The molecule has 0 aliphatic rings. The van der Waals surface area contributed by atoms with E-state index in [9.17, 15) is 0 Å². The molecule has 0 saturated heterocycles. The van der Waals surface area contributed by atoms with Crippen molar-refractivity contribution in [3.8, 4) is 0 Å². The Morgan fingerprint density at radius 1 is 1.57 bits per heavy atom. The molecule has 0 spiro atoms. The number of nitrogen functional groups attached to an aromatic ring is 1. The lowest BCUT2D eigenvalue weighted by Gasteiger charge is -2.21. The zero-order valence-corrected chi connectivity index (χ0v) is 8.70. The first kappa shape index (κ1) is 10.5. The van der Waals surface area contributed by atoms with Crippen LogP contribution in [0, 0.1) is 0 Å². The van der Waals surface area contributed by atoms with Gasteiger partial charge in [0.05, 0.1) is 12.4 Å². The Hall–Kier alpha value is -1.58. The van der Waals surface area contributed by atoms with E-state index in [1.54, 1.807) is 6.20 Å². The highest BCUT2D eigenvalue weighted by Crippen LogP contribution is 2.11. The first-order valence-corrected chi connectivity index (χ1v) is 4.60. The van der Waals surface area contributed by atoms with Gasteiger partial charge in [-0.3, -0.25) is 4.98 Å². The number of hydrogen-bond donors (Lipinski definition) is 1. The quantitative estimate of drug-likeness (QED) is 0.734. The van der Waals surface area contributed by atoms with Crippen LogP contribution in [0.25, 0.3) is 0 Å². The summed E-state index contributed by atoms with van der Waals surface area (Å²) in [5.74, 6) is 1.25. The molecular formula is C10H16N4. The van der Waals surface area contributed by atoms with Crippen LogP contribution < -0.4 is 10.6 Å². The summed E-state index contributed by atoms with van der Waals surface area (Å²) < 4.78 is 0. The summed E-state index contributed by atoms with van der Waals surface area (Å²) in [6.45, 7) is 9.57. The topological polar surface area (TPSA) is 55.0 Å². The Labute approximate surface area is 84.5 Å². The van der Waals surface area contributed by atoms with E-state index >= 15 is 0 Å². The molecule has 1 aromatic rings. The number of anilines is 2.